The number of hydrogen-bond acceptors (Lipinski definition) is 4. The molecular weight excluding hydrogens is 306 g/mol. The number of hydrogen-bond donors (Lipinski definition) is 0. The predicted octanol–water partition coefficient (Wildman–Crippen LogP) is 3.51. The molecule has 0 bridgehead atoms. The van der Waals surface area contributed by atoms with Crippen molar-refractivity contribution < 1.29 is 19.0 Å². The third-order valence-electron chi connectivity index (χ3n) is 3.55. The lowest BCUT2D eigenvalue weighted by atomic mass is 10.1. The maximum Gasteiger partial charge on any atom is 0.410 e. The molecule has 0 N–H and O–H groups in total. The van der Waals surface area contributed by atoms with Crippen LogP contribution in [0.4, 0.5) is 4.79 Å². The minimum absolute atomic E-state index is 0.313. The van der Waals surface area contributed by atoms with Crippen LogP contribution in [0.25, 0.3) is 0 Å². The molecule has 0 atom stereocenters. The molecule has 5 nitrogen and oxygen atoms in total. The smallest absolute Gasteiger partial charge is 0.410 e. The van der Waals surface area contributed by atoms with Crippen molar-refractivity contribution in [3.63, 3.8) is 0 Å². The summed E-state index contributed by atoms with van der Waals surface area (Å²) in [5.41, 5.74) is 1.06. The summed E-state index contributed by atoms with van der Waals surface area (Å²) in [6.45, 7) is 5.17. The Hall–Kier alpha value is -2.35. The quantitative estimate of drug-likeness (QED) is 0.512. The first-order valence-corrected chi connectivity index (χ1v) is 8.18. The Morgan fingerprint density at radius 1 is 1.21 bits per heavy atom. The second kappa shape index (κ2) is 11.2. The highest BCUT2D eigenvalue weighted by atomic mass is 16.6. The van der Waals surface area contributed by atoms with Gasteiger partial charge in [0.05, 0.1) is 27.4 Å². The van der Waals surface area contributed by atoms with Gasteiger partial charge in [-0.15, -0.1) is 5.92 Å². The molecule has 0 spiro atoms. The molecule has 0 saturated heterocycles. The van der Waals surface area contributed by atoms with Gasteiger partial charge in [-0.1, -0.05) is 25.3 Å². The van der Waals surface area contributed by atoms with E-state index in [9.17, 15) is 4.79 Å². The van der Waals surface area contributed by atoms with Gasteiger partial charge in [-0.2, -0.15) is 0 Å². The van der Waals surface area contributed by atoms with E-state index in [2.05, 4.69) is 18.8 Å². The lowest BCUT2D eigenvalue weighted by Gasteiger charge is -2.20. The Labute approximate surface area is 144 Å². The lowest BCUT2D eigenvalue weighted by Crippen LogP contribution is -2.34. The summed E-state index contributed by atoms with van der Waals surface area (Å²) in [4.78, 5) is 13.8. The molecule has 0 aliphatic rings. The first-order chi connectivity index (χ1) is 11.7. The zero-order valence-corrected chi connectivity index (χ0v) is 15.1. The van der Waals surface area contributed by atoms with Crippen LogP contribution >= 0.6 is 0 Å². The van der Waals surface area contributed by atoms with Gasteiger partial charge in [-0.05, 0) is 37.5 Å². The van der Waals surface area contributed by atoms with Crippen LogP contribution in [-0.4, -0.2) is 44.9 Å². The number of methoxy groups -OCH3 is 2. The molecule has 1 rings (SSSR count). The Kier molecular flexibility index (Phi) is 9.21. The molecular formula is C19H27NO4. The summed E-state index contributed by atoms with van der Waals surface area (Å²) < 4.78 is 15.8. The summed E-state index contributed by atoms with van der Waals surface area (Å²) in [5, 5.41) is 0. The maximum absolute atomic E-state index is 12.2. The fourth-order valence-corrected chi connectivity index (χ4v) is 2.10. The van der Waals surface area contributed by atoms with Crippen molar-refractivity contribution in [1.29, 1.82) is 0 Å². The number of carbonyl (C=O) groups excluding carboxylic acids is 1. The number of nitrogens with zero attached hydrogens (tertiary/aromatic N) is 1. The van der Waals surface area contributed by atoms with Gasteiger partial charge in [0.15, 0.2) is 11.5 Å². The molecule has 0 aliphatic heterocycles. The van der Waals surface area contributed by atoms with Gasteiger partial charge in [0.1, 0.15) is 0 Å². The van der Waals surface area contributed by atoms with Gasteiger partial charge < -0.3 is 14.2 Å². The molecule has 0 aliphatic carbocycles. The molecule has 0 aromatic heterocycles. The molecule has 0 fully saturated rings. The van der Waals surface area contributed by atoms with E-state index in [1.165, 1.54) is 0 Å². The van der Waals surface area contributed by atoms with Gasteiger partial charge in [0.2, 0.25) is 0 Å². The summed E-state index contributed by atoms with van der Waals surface area (Å²) in [6.07, 6.45) is 2.24. The predicted molar refractivity (Wildman–Crippen MR) is 94.5 cm³/mol. The van der Waals surface area contributed by atoms with Gasteiger partial charge in [-0.25, -0.2) is 4.79 Å². The van der Waals surface area contributed by atoms with E-state index in [4.69, 9.17) is 14.2 Å². The average Bonchev–Trinajstić information content (AvgIpc) is 2.61. The molecule has 24 heavy (non-hydrogen) atoms. The Morgan fingerprint density at radius 2 is 1.96 bits per heavy atom. The molecule has 0 radical (unpaired) electrons. The Balaban J connectivity index is 2.69. The molecule has 1 aromatic carbocycles. The number of amides is 1. The number of rotatable bonds is 9. The number of benzene rings is 1. The van der Waals surface area contributed by atoms with Crippen LogP contribution < -0.4 is 9.47 Å². The van der Waals surface area contributed by atoms with Gasteiger partial charge >= 0.3 is 6.09 Å². The van der Waals surface area contributed by atoms with Crippen molar-refractivity contribution >= 4 is 6.09 Å². The van der Waals surface area contributed by atoms with Crippen LogP contribution in [0.15, 0.2) is 18.2 Å². The van der Waals surface area contributed by atoms with Gasteiger partial charge in [-0.3, -0.25) is 4.90 Å². The SMILES string of the molecule is CC#CCN(CCc1ccc(OC)c(OC)c1)C(=O)OCCCC. The van der Waals surface area contributed by atoms with Crippen LogP contribution in [0, 0.1) is 11.8 Å². The normalized spacial score (nSPS) is 9.67. The van der Waals surface area contributed by atoms with Crippen molar-refractivity contribution in [3.8, 4) is 23.3 Å². The number of ether oxygens (including phenoxy) is 3. The highest BCUT2D eigenvalue weighted by Crippen LogP contribution is 2.27. The van der Waals surface area contributed by atoms with E-state index >= 15 is 0 Å². The summed E-state index contributed by atoms with van der Waals surface area (Å²) in [6, 6.07) is 5.75. The van der Waals surface area contributed by atoms with Crippen molar-refractivity contribution in [2.75, 3.05) is 33.9 Å². The minimum atomic E-state index is -0.313. The molecule has 0 heterocycles. The molecule has 0 unspecified atom stereocenters. The Bertz CT molecular complexity index is 574. The van der Waals surface area contributed by atoms with E-state index in [-0.39, 0.29) is 6.09 Å². The highest BCUT2D eigenvalue weighted by molar-refractivity contribution is 5.68. The minimum Gasteiger partial charge on any atom is -0.493 e. The van der Waals surface area contributed by atoms with Crippen LogP contribution in [-0.2, 0) is 11.2 Å². The zero-order chi connectivity index (χ0) is 17.8. The van der Waals surface area contributed by atoms with E-state index in [0.29, 0.717) is 37.6 Å². The summed E-state index contributed by atoms with van der Waals surface area (Å²) >= 11 is 0. The molecule has 1 aromatic rings. The van der Waals surface area contributed by atoms with E-state index in [1.54, 1.807) is 26.0 Å². The standard InChI is InChI=1S/C19H27NO4/c1-5-7-12-20(19(21)24-14-8-6-2)13-11-16-9-10-17(22-3)18(15-16)23-4/h9-10,15H,6,8,11-14H2,1-4H3. The van der Waals surface area contributed by atoms with Gasteiger partial charge in [0.25, 0.3) is 0 Å². The van der Waals surface area contributed by atoms with Crippen molar-refractivity contribution in [2.45, 2.75) is 33.1 Å². The first-order valence-electron chi connectivity index (χ1n) is 8.18. The van der Waals surface area contributed by atoms with Crippen LogP contribution in [0.5, 0.6) is 11.5 Å². The van der Waals surface area contributed by atoms with E-state index in [1.807, 2.05) is 18.2 Å². The Morgan fingerprint density at radius 3 is 2.58 bits per heavy atom. The van der Waals surface area contributed by atoms with Crippen LogP contribution in [0.1, 0.15) is 32.3 Å². The van der Waals surface area contributed by atoms with Crippen LogP contribution in [0.3, 0.4) is 0 Å². The molecule has 0 saturated carbocycles. The fraction of sp³-hybridized carbons (Fsp3) is 0.526. The summed E-state index contributed by atoms with van der Waals surface area (Å²) in [5.74, 6) is 7.11. The zero-order valence-electron chi connectivity index (χ0n) is 15.1. The summed E-state index contributed by atoms with van der Waals surface area (Å²) in [7, 11) is 3.21. The molecule has 5 heteroatoms. The third kappa shape index (κ3) is 6.41. The first kappa shape index (κ1) is 19.7. The number of unbranched alkanes of at least 4 members (excludes halogenated alkanes) is 1. The monoisotopic (exact) mass is 333 g/mol. The third-order valence-corrected chi connectivity index (χ3v) is 3.55. The lowest BCUT2D eigenvalue weighted by molar-refractivity contribution is 0.106. The number of carbonyl (C=O) groups is 1. The average molecular weight is 333 g/mol. The largest absolute Gasteiger partial charge is 0.493 e. The van der Waals surface area contributed by atoms with Crippen LogP contribution in [0.2, 0.25) is 0 Å². The molecule has 132 valence electrons. The van der Waals surface area contributed by atoms with Crippen molar-refractivity contribution in [1.82, 2.24) is 4.90 Å². The van der Waals surface area contributed by atoms with Gasteiger partial charge in [0, 0.05) is 6.54 Å². The second-order valence-electron chi connectivity index (χ2n) is 5.26. The highest BCUT2D eigenvalue weighted by Gasteiger charge is 2.14. The van der Waals surface area contributed by atoms with Crippen molar-refractivity contribution in [3.05, 3.63) is 23.8 Å². The van der Waals surface area contributed by atoms with Crippen molar-refractivity contribution in [2.24, 2.45) is 0 Å². The maximum atomic E-state index is 12.2. The fourth-order valence-electron chi connectivity index (χ4n) is 2.10. The molecule has 1 amide bonds. The topological polar surface area (TPSA) is 48.0 Å². The van der Waals surface area contributed by atoms with E-state index < -0.39 is 0 Å². The second-order valence-corrected chi connectivity index (χ2v) is 5.26. The van der Waals surface area contributed by atoms with E-state index in [0.717, 1.165) is 18.4 Å².